The van der Waals surface area contributed by atoms with Gasteiger partial charge in [-0.05, 0) is 67.2 Å². The fourth-order valence-corrected chi connectivity index (χ4v) is 4.71. The van der Waals surface area contributed by atoms with Crippen LogP contribution in [0.1, 0.15) is 57.3 Å². The zero-order valence-electron chi connectivity index (χ0n) is 16.1. The Morgan fingerprint density at radius 3 is 2.42 bits per heavy atom. The molecule has 3 rings (SSSR count). The lowest BCUT2D eigenvalue weighted by Gasteiger charge is -2.39. The van der Waals surface area contributed by atoms with E-state index < -0.39 is 0 Å². The number of benzene rings is 1. The Morgan fingerprint density at radius 2 is 1.88 bits per heavy atom. The van der Waals surface area contributed by atoms with Crippen LogP contribution in [0.4, 0.5) is 0 Å². The summed E-state index contributed by atoms with van der Waals surface area (Å²) < 4.78 is 10.5. The van der Waals surface area contributed by atoms with Crippen LogP contribution in [0.25, 0.3) is 0 Å². The zero-order valence-corrected chi connectivity index (χ0v) is 16.1. The third-order valence-corrected chi connectivity index (χ3v) is 6.86. The van der Waals surface area contributed by atoms with E-state index in [2.05, 4.69) is 26.1 Å². The second-order valence-electron chi connectivity index (χ2n) is 8.26. The molecule has 1 aromatic carbocycles. The molecular weight excluding hydrogens is 330 g/mol. The molecule has 0 aliphatic heterocycles. The fourth-order valence-electron chi connectivity index (χ4n) is 4.71. The number of rotatable bonds is 6. The summed E-state index contributed by atoms with van der Waals surface area (Å²) in [5, 5.41) is 3.18. The van der Waals surface area contributed by atoms with Crippen molar-refractivity contribution in [1.82, 2.24) is 5.32 Å². The van der Waals surface area contributed by atoms with E-state index in [0.717, 1.165) is 6.42 Å². The molecule has 2 aliphatic rings. The Kier molecular flexibility index (Phi) is 5.00. The maximum atomic E-state index is 12.4. The van der Waals surface area contributed by atoms with Gasteiger partial charge in [0.2, 0.25) is 0 Å². The van der Waals surface area contributed by atoms with Gasteiger partial charge in [0, 0.05) is 6.04 Å². The molecule has 3 unspecified atom stereocenters. The van der Waals surface area contributed by atoms with Gasteiger partial charge in [-0.25, -0.2) is 4.79 Å². The highest BCUT2D eigenvalue weighted by Crippen LogP contribution is 2.65. The summed E-state index contributed by atoms with van der Waals surface area (Å²) in [5.74, 6) is 0.805. The Balaban J connectivity index is 1.51. The van der Waals surface area contributed by atoms with Gasteiger partial charge >= 0.3 is 5.97 Å². The normalized spacial score (nSPS) is 28.6. The van der Waals surface area contributed by atoms with E-state index >= 15 is 0 Å². The Labute approximate surface area is 155 Å². The average Bonchev–Trinajstić information content (AvgIpc) is 2.94. The molecular formula is C21H29NO4. The Bertz CT molecular complexity index is 682. The van der Waals surface area contributed by atoms with Crippen LogP contribution in [0.3, 0.4) is 0 Å². The molecule has 2 saturated carbocycles. The summed E-state index contributed by atoms with van der Waals surface area (Å²) in [5.41, 5.74) is 0.907. The highest BCUT2D eigenvalue weighted by atomic mass is 16.5. The molecule has 0 spiro atoms. The van der Waals surface area contributed by atoms with Crippen molar-refractivity contribution < 1.29 is 19.1 Å². The highest BCUT2D eigenvalue weighted by Gasteiger charge is 2.61. The second kappa shape index (κ2) is 6.93. The van der Waals surface area contributed by atoms with Crippen molar-refractivity contribution >= 4 is 11.9 Å². The Morgan fingerprint density at radius 1 is 1.19 bits per heavy atom. The smallest absolute Gasteiger partial charge is 0.338 e. The largest absolute Gasteiger partial charge is 0.484 e. The van der Waals surface area contributed by atoms with Crippen LogP contribution < -0.4 is 10.1 Å². The van der Waals surface area contributed by atoms with Gasteiger partial charge in [0.05, 0.1) is 12.2 Å². The molecule has 142 valence electrons. The van der Waals surface area contributed by atoms with E-state index in [-0.39, 0.29) is 35.4 Å². The summed E-state index contributed by atoms with van der Waals surface area (Å²) in [6.07, 6.45) is 3.49. The van der Waals surface area contributed by atoms with E-state index in [9.17, 15) is 9.59 Å². The summed E-state index contributed by atoms with van der Waals surface area (Å²) in [4.78, 5) is 24.0. The molecule has 0 heterocycles. The molecule has 0 aromatic heterocycles. The first-order chi connectivity index (χ1) is 12.3. The van der Waals surface area contributed by atoms with Crippen molar-refractivity contribution in [3.05, 3.63) is 29.8 Å². The summed E-state index contributed by atoms with van der Waals surface area (Å²) in [6, 6.07) is 6.87. The highest BCUT2D eigenvalue weighted by molar-refractivity contribution is 5.89. The molecule has 0 saturated heterocycles. The number of hydrogen-bond acceptors (Lipinski definition) is 4. The van der Waals surface area contributed by atoms with Crippen molar-refractivity contribution in [1.29, 1.82) is 0 Å². The minimum absolute atomic E-state index is 0.0174. The lowest BCUT2D eigenvalue weighted by molar-refractivity contribution is -0.124. The standard InChI is InChI=1S/C21H29NO4/c1-5-25-19(24)14-6-8-16(9-7-14)26-13-18(23)22-17-12-15-10-11-21(17,4)20(15,2)3/h6-9,15,17H,5,10-13H2,1-4H3,(H,22,23). The van der Waals surface area contributed by atoms with Gasteiger partial charge in [-0.1, -0.05) is 20.8 Å². The van der Waals surface area contributed by atoms with Crippen molar-refractivity contribution in [3.8, 4) is 5.75 Å². The lowest BCUT2D eigenvalue weighted by Crippen LogP contribution is -2.48. The van der Waals surface area contributed by atoms with Gasteiger partial charge in [0.25, 0.3) is 5.91 Å². The molecule has 2 bridgehead atoms. The van der Waals surface area contributed by atoms with E-state index in [4.69, 9.17) is 9.47 Å². The summed E-state index contributed by atoms with van der Waals surface area (Å²) in [6.45, 7) is 9.06. The molecule has 0 radical (unpaired) electrons. The third-order valence-electron chi connectivity index (χ3n) is 6.86. The summed E-state index contributed by atoms with van der Waals surface area (Å²) in [7, 11) is 0. The van der Waals surface area contributed by atoms with Crippen molar-refractivity contribution in [2.75, 3.05) is 13.2 Å². The second-order valence-corrected chi connectivity index (χ2v) is 8.26. The van der Waals surface area contributed by atoms with E-state index in [1.165, 1.54) is 12.8 Å². The van der Waals surface area contributed by atoms with Gasteiger partial charge in [0.1, 0.15) is 5.75 Å². The molecule has 2 fully saturated rings. The van der Waals surface area contributed by atoms with Crippen molar-refractivity contribution in [2.45, 2.75) is 53.0 Å². The monoisotopic (exact) mass is 359 g/mol. The molecule has 1 amide bonds. The van der Waals surface area contributed by atoms with E-state index in [0.29, 0.717) is 23.8 Å². The van der Waals surface area contributed by atoms with Gasteiger partial charge in [-0.3, -0.25) is 4.79 Å². The zero-order chi connectivity index (χ0) is 18.9. The first kappa shape index (κ1) is 18.7. The number of nitrogens with one attached hydrogen (secondary N) is 1. The molecule has 3 atom stereocenters. The topological polar surface area (TPSA) is 64.6 Å². The van der Waals surface area contributed by atoms with Crippen LogP contribution >= 0.6 is 0 Å². The maximum absolute atomic E-state index is 12.4. The average molecular weight is 359 g/mol. The minimum Gasteiger partial charge on any atom is -0.484 e. The van der Waals surface area contributed by atoms with E-state index in [1.54, 1.807) is 31.2 Å². The predicted molar refractivity (Wildman–Crippen MR) is 99.1 cm³/mol. The first-order valence-corrected chi connectivity index (χ1v) is 9.47. The number of carbonyl (C=O) groups excluding carboxylic acids is 2. The van der Waals surface area contributed by atoms with Gasteiger partial charge < -0.3 is 14.8 Å². The Hall–Kier alpha value is -2.04. The van der Waals surface area contributed by atoms with Crippen molar-refractivity contribution in [3.63, 3.8) is 0 Å². The quantitative estimate of drug-likeness (QED) is 0.789. The number of hydrogen-bond donors (Lipinski definition) is 1. The van der Waals surface area contributed by atoms with Crippen LogP contribution in [-0.4, -0.2) is 31.1 Å². The SMILES string of the molecule is CCOC(=O)c1ccc(OCC(=O)NC2CC3CCC2(C)C3(C)C)cc1. The molecule has 1 aromatic rings. The predicted octanol–water partition coefficient (Wildman–Crippen LogP) is 3.57. The lowest BCUT2D eigenvalue weighted by atomic mass is 9.69. The number of fused-ring (bicyclic) bond motifs is 2. The molecule has 26 heavy (non-hydrogen) atoms. The molecule has 5 heteroatoms. The van der Waals surface area contributed by atoms with Crippen LogP contribution in [0.15, 0.2) is 24.3 Å². The fraction of sp³-hybridized carbons (Fsp3) is 0.619. The molecule has 2 aliphatic carbocycles. The van der Waals surface area contributed by atoms with Gasteiger partial charge in [-0.2, -0.15) is 0 Å². The van der Waals surface area contributed by atoms with Gasteiger partial charge in [-0.15, -0.1) is 0 Å². The van der Waals surface area contributed by atoms with Crippen LogP contribution in [0.5, 0.6) is 5.75 Å². The number of amides is 1. The third kappa shape index (κ3) is 3.19. The minimum atomic E-state index is -0.357. The van der Waals surface area contributed by atoms with Crippen molar-refractivity contribution in [2.24, 2.45) is 16.7 Å². The molecule has 5 nitrogen and oxygen atoms in total. The van der Waals surface area contributed by atoms with Crippen LogP contribution in [-0.2, 0) is 9.53 Å². The number of carbonyl (C=O) groups is 2. The van der Waals surface area contributed by atoms with E-state index in [1.807, 2.05) is 0 Å². The first-order valence-electron chi connectivity index (χ1n) is 9.47. The van der Waals surface area contributed by atoms with Gasteiger partial charge in [0.15, 0.2) is 6.61 Å². The maximum Gasteiger partial charge on any atom is 0.338 e. The summed E-state index contributed by atoms with van der Waals surface area (Å²) >= 11 is 0. The van der Waals surface area contributed by atoms with Crippen LogP contribution in [0.2, 0.25) is 0 Å². The number of ether oxygens (including phenoxy) is 2. The molecule has 1 N–H and O–H groups in total. The number of esters is 1. The van der Waals surface area contributed by atoms with Crippen LogP contribution in [0, 0.1) is 16.7 Å².